The van der Waals surface area contributed by atoms with Crippen LogP contribution < -0.4 is 5.32 Å². The van der Waals surface area contributed by atoms with Crippen molar-refractivity contribution < 1.29 is 0 Å². The lowest BCUT2D eigenvalue weighted by Gasteiger charge is -2.08. The molecule has 0 saturated heterocycles. The fourth-order valence-electron chi connectivity index (χ4n) is 1.89. The topological polar surface area (TPSA) is 68.0 Å². The molecule has 3 heterocycles. The molecule has 3 aromatic heterocycles. The molecule has 0 atom stereocenters. The number of nitrogens with zero attached hydrogens (tertiary/aromatic N) is 5. The van der Waals surface area contributed by atoms with Crippen molar-refractivity contribution in [2.24, 2.45) is 0 Å². The van der Waals surface area contributed by atoms with Crippen LogP contribution in [0.25, 0.3) is 5.65 Å². The molecule has 8 heteroatoms. The van der Waals surface area contributed by atoms with Gasteiger partial charge in [0.15, 0.2) is 10.8 Å². The smallest absolute Gasteiger partial charge is 0.228 e. The monoisotopic (exact) mass is 364 g/mol. The fourth-order valence-corrected chi connectivity index (χ4v) is 2.59. The van der Waals surface area contributed by atoms with Gasteiger partial charge in [0.2, 0.25) is 5.95 Å². The molecule has 0 aromatic carbocycles. The molecule has 6 nitrogen and oxygen atoms in total. The lowest BCUT2D eigenvalue weighted by atomic mass is 10.3. The lowest BCUT2D eigenvalue weighted by molar-refractivity contribution is 0.823. The standard InChI is InChI=1S/C13H13BrN6S/c1-21-13-18-11-10(14)8-17-20(11)12(19-13)16-7-5-9-4-2-3-6-15-9/h2-4,6,8H,5,7H2,1H3,(H,16,18,19). The first-order chi connectivity index (χ1) is 10.3. The zero-order valence-electron chi connectivity index (χ0n) is 11.3. The Balaban J connectivity index is 1.80. The van der Waals surface area contributed by atoms with Crippen LogP contribution in [-0.2, 0) is 6.42 Å². The molecule has 3 aromatic rings. The molecule has 21 heavy (non-hydrogen) atoms. The highest BCUT2D eigenvalue weighted by atomic mass is 79.9. The predicted molar refractivity (Wildman–Crippen MR) is 86.7 cm³/mol. The summed E-state index contributed by atoms with van der Waals surface area (Å²) in [5.74, 6) is 0.686. The maximum absolute atomic E-state index is 4.46. The molecule has 1 N–H and O–H groups in total. The Morgan fingerprint density at radius 3 is 3.00 bits per heavy atom. The van der Waals surface area contributed by atoms with Crippen molar-refractivity contribution in [3.05, 3.63) is 40.8 Å². The first-order valence-corrected chi connectivity index (χ1v) is 8.39. The maximum Gasteiger partial charge on any atom is 0.228 e. The van der Waals surface area contributed by atoms with Crippen molar-refractivity contribution in [1.82, 2.24) is 24.6 Å². The van der Waals surface area contributed by atoms with Crippen molar-refractivity contribution in [3.8, 4) is 0 Å². The number of fused-ring (bicyclic) bond motifs is 1. The lowest BCUT2D eigenvalue weighted by Crippen LogP contribution is -2.12. The van der Waals surface area contributed by atoms with Gasteiger partial charge in [-0.05, 0) is 34.3 Å². The average Bonchev–Trinajstić information content (AvgIpc) is 2.90. The van der Waals surface area contributed by atoms with Gasteiger partial charge in [0, 0.05) is 24.9 Å². The first kappa shape index (κ1) is 14.3. The molecule has 0 fully saturated rings. The van der Waals surface area contributed by atoms with Crippen LogP contribution in [-0.4, -0.2) is 37.4 Å². The third-order valence-corrected chi connectivity index (χ3v) is 3.98. The summed E-state index contributed by atoms with van der Waals surface area (Å²) in [5, 5.41) is 8.29. The van der Waals surface area contributed by atoms with Gasteiger partial charge in [0.25, 0.3) is 0 Å². The summed E-state index contributed by atoms with van der Waals surface area (Å²) in [6.45, 7) is 0.731. The largest absolute Gasteiger partial charge is 0.354 e. The van der Waals surface area contributed by atoms with E-state index in [1.807, 2.05) is 24.5 Å². The molecule has 0 bridgehead atoms. The van der Waals surface area contributed by atoms with Gasteiger partial charge in [-0.3, -0.25) is 4.98 Å². The number of pyridine rings is 1. The number of anilines is 1. The predicted octanol–water partition coefficient (Wildman–Crippen LogP) is 2.66. The number of thioether (sulfide) groups is 1. The Hall–Kier alpha value is -1.67. The number of aromatic nitrogens is 5. The van der Waals surface area contributed by atoms with Crippen molar-refractivity contribution in [3.63, 3.8) is 0 Å². The fraction of sp³-hybridized carbons (Fsp3) is 0.231. The number of nitrogens with one attached hydrogen (secondary N) is 1. The molecule has 0 radical (unpaired) electrons. The SMILES string of the molecule is CSc1nc(NCCc2ccccn2)n2ncc(Br)c2n1. The Morgan fingerprint density at radius 1 is 1.33 bits per heavy atom. The highest BCUT2D eigenvalue weighted by Gasteiger charge is 2.10. The van der Waals surface area contributed by atoms with Gasteiger partial charge in [0.05, 0.1) is 10.7 Å². The van der Waals surface area contributed by atoms with Crippen LogP contribution in [0.2, 0.25) is 0 Å². The Kier molecular flexibility index (Phi) is 4.35. The molecule has 0 aliphatic carbocycles. The second-order valence-electron chi connectivity index (χ2n) is 4.26. The van der Waals surface area contributed by atoms with E-state index in [2.05, 4.69) is 41.3 Å². The molecular formula is C13H13BrN6S. The summed E-state index contributed by atoms with van der Waals surface area (Å²) in [4.78, 5) is 13.2. The van der Waals surface area contributed by atoms with E-state index in [4.69, 9.17) is 0 Å². The second-order valence-corrected chi connectivity index (χ2v) is 5.89. The van der Waals surface area contributed by atoms with Crippen LogP contribution in [0, 0.1) is 0 Å². The Bertz CT molecular complexity index is 745. The van der Waals surface area contributed by atoms with E-state index in [1.54, 1.807) is 16.9 Å². The van der Waals surface area contributed by atoms with E-state index in [0.717, 1.165) is 28.8 Å². The molecule has 0 unspecified atom stereocenters. The molecule has 0 saturated carbocycles. The first-order valence-electron chi connectivity index (χ1n) is 6.37. The molecule has 0 spiro atoms. The number of halogens is 1. The minimum absolute atomic E-state index is 0.686. The van der Waals surface area contributed by atoms with Crippen LogP contribution >= 0.6 is 27.7 Å². The summed E-state index contributed by atoms with van der Waals surface area (Å²) in [7, 11) is 0. The zero-order valence-corrected chi connectivity index (χ0v) is 13.7. The van der Waals surface area contributed by atoms with Crippen molar-refractivity contribution in [1.29, 1.82) is 0 Å². The van der Waals surface area contributed by atoms with Crippen LogP contribution in [0.3, 0.4) is 0 Å². The van der Waals surface area contributed by atoms with Gasteiger partial charge in [-0.2, -0.15) is 14.6 Å². The van der Waals surface area contributed by atoms with Crippen LogP contribution in [0.1, 0.15) is 5.69 Å². The molecule has 108 valence electrons. The van der Waals surface area contributed by atoms with Gasteiger partial charge in [-0.1, -0.05) is 17.8 Å². The highest BCUT2D eigenvalue weighted by molar-refractivity contribution is 9.10. The van der Waals surface area contributed by atoms with Crippen LogP contribution in [0.15, 0.2) is 40.2 Å². The Morgan fingerprint density at radius 2 is 2.24 bits per heavy atom. The van der Waals surface area contributed by atoms with Gasteiger partial charge in [-0.15, -0.1) is 0 Å². The maximum atomic E-state index is 4.46. The van der Waals surface area contributed by atoms with Crippen LogP contribution in [0.5, 0.6) is 0 Å². The van der Waals surface area contributed by atoms with E-state index in [0.29, 0.717) is 11.1 Å². The van der Waals surface area contributed by atoms with Gasteiger partial charge < -0.3 is 5.32 Å². The van der Waals surface area contributed by atoms with E-state index < -0.39 is 0 Å². The van der Waals surface area contributed by atoms with Crippen molar-refractivity contribution in [2.75, 3.05) is 18.1 Å². The van der Waals surface area contributed by atoms with Gasteiger partial charge in [0.1, 0.15) is 0 Å². The summed E-state index contributed by atoms with van der Waals surface area (Å²) < 4.78 is 2.55. The third kappa shape index (κ3) is 3.16. The number of hydrogen-bond acceptors (Lipinski definition) is 6. The number of rotatable bonds is 5. The molecule has 0 aliphatic heterocycles. The quantitative estimate of drug-likeness (QED) is 0.702. The molecule has 3 rings (SSSR count). The highest BCUT2D eigenvalue weighted by Crippen LogP contribution is 2.21. The van der Waals surface area contributed by atoms with E-state index >= 15 is 0 Å². The zero-order chi connectivity index (χ0) is 14.7. The minimum atomic E-state index is 0.686. The molecule has 0 amide bonds. The summed E-state index contributed by atoms with van der Waals surface area (Å²) in [5.41, 5.74) is 1.80. The average molecular weight is 365 g/mol. The Labute approximate surface area is 134 Å². The summed E-state index contributed by atoms with van der Waals surface area (Å²) in [6.07, 6.45) is 6.30. The summed E-state index contributed by atoms with van der Waals surface area (Å²) >= 11 is 4.95. The minimum Gasteiger partial charge on any atom is -0.354 e. The third-order valence-electron chi connectivity index (χ3n) is 2.88. The van der Waals surface area contributed by atoms with E-state index in [-0.39, 0.29) is 0 Å². The van der Waals surface area contributed by atoms with E-state index in [1.165, 1.54) is 11.8 Å². The summed E-state index contributed by atoms with van der Waals surface area (Å²) in [6, 6.07) is 5.91. The van der Waals surface area contributed by atoms with Crippen molar-refractivity contribution >= 4 is 39.3 Å². The van der Waals surface area contributed by atoms with Crippen molar-refractivity contribution in [2.45, 2.75) is 11.6 Å². The molecule has 0 aliphatic rings. The number of hydrogen-bond donors (Lipinski definition) is 1. The normalized spacial score (nSPS) is 11.0. The van der Waals surface area contributed by atoms with E-state index in [9.17, 15) is 0 Å². The van der Waals surface area contributed by atoms with Gasteiger partial charge in [-0.25, -0.2) is 4.98 Å². The van der Waals surface area contributed by atoms with Crippen LogP contribution in [0.4, 0.5) is 5.95 Å². The molecular weight excluding hydrogens is 352 g/mol. The van der Waals surface area contributed by atoms with Gasteiger partial charge >= 0.3 is 0 Å². The second kappa shape index (κ2) is 6.40.